The van der Waals surface area contributed by atoms with Crippen molar-refractivity contribution in [3.8, 4) is 16.9 Å². The predicted molar refractivity (Wildman–Crippen MR) is 142 cm³/mol. The van der Waals surface area contributed by atoms with Crippen molar-refractivity contribution in [2.24, 2.45) is 0 Å². The molecule has 0 amide bonds. The monoisotopic (exact) mass is 543 g/mol. The summed E-state index contributed by atoms with van der Waals surface area (Å²) in [5.41, 5.74) is -0.200. The maximum Gasteiger partial charge on any atom is 0.264 e. The third-order valence-corrected chi connectivity index (χ3v) is 8.39. The van der Waals surface area contributed by atoms with Crippen LogP contribution in [0, 0.1) is 11.6 Å². The molecule has 38 heavy (non-hydrogen) atoms. The Balaban J connectivity index is 1.78. The first kappa shape index (κ1) is 27.7. The van der Waals surface area contributed by atoms with E-state index >= 15 is 0 Å². The topological polar surface area (TPSA) is 83.9 Å². The predicted octanol–water partition coefficient (Wildman–Crippen LogP) is 5.83. The minimum absolute atomic E-state index is 0.00713. The Hall–Kier alpha value is -3.30. The summed E-state index contributed by atoms with van der Waals surface area (Å²) in [6.45, 7) is 6.63. The molecule has 0 bridgehead atoms. The number of anilines is 1. The van der Waals surface area contributed by atoms with Gasteiger partial charge in [0.15, 0.2) is 5.78 Å². The number of halogens is 2. The van der Waals surface area contributed by atoms with Crippen LogP contribution in [-0.2, 0) is 14.8 Å². The molecule has 0 unspecified atom stereocenters. The van der Waals surface area contributed by atoms with E-state index in [9.17, 15) is 27.1 Å². The van der Waals surface area contributed by atoms with Gasteiger partial charge >= 0.3 is 0 Å². The van der Waals surface area contributed by atoms with Gasteiger partial charge in [0.1, 0.15) is 29.1 Å². The summed E-state index contributed by atoms with van der Waals surface area (Å²) in [4.78, 5) is 12.4. The smallest absolute Gasteiger partial charge is 0.264 e. The van der Waals surface area contributed by atoms with Gasteiger partial charge in [-0.25, -0.2) is 17.2 Å². The first-order chi connectivity index (χ1) is 17.8. The normalized spacial score (nSPS) is 15.8. The molecule has 0 spiro atoms. The molecule has 3 aromatic carbocycles. The van der Waals surface area contributed by atoms with Crippen LogP contribution in [0.5, 0.6) is 5.75 Å². The molecule has 0 aliphatic carbocycles. The fourth-order valence-corrected chi connectivity index (χ4v) is 5.89. The van der Waals surface area contributed by atoms with Crippen molar-refractivity contribution in [2.75, 3.05) is 10.8 Å². The van der Waals surface area contributed by atoms with Gasteiger partial charge in [0.05, 0.1) is 17.1 Å². The largest absolute Gasteiger partial charge is 0.486 e. The summed E-state index contributed by atoms with van der Waals surface area (Å²) in [6.07, 6.45) is -0.499. The van der Waals surface area contributed by atoms with Crippen LogP contribution in [-0.4, -0.2) is 37.6 Å². The molecule has 4 rings (SSSR count). The molecule has 1 aliphatic rings. The van der Waals surface area contributed by atoms with Crippen LogP contribution in [0.3, 0.4) is 0 Å². The van der Waals surface area contributed by atoms with E-state index in [-0.39, 0.29) is 58.5 Å². The Bertz CT molecular complexity index is 1460. The van der Waals surface area contributed by atoms with E-state index in [1.54, 1.807) is 12.1 Å². The quantitative estimate of drug-likeness (QED) is 0.386. The lowest BCUT2D eigenvalue weighted by atomic mass is 9.97. The second kappa shape index (κ2) is 10.5. The van der Waals surface area contributed by atoms with Crippen molar-refractivity contribution in [1.29, 1.82) is 0 Å². The van der Waals surface area contributed by atoms with E-state index in [1.807, 2.05) is 19.9 Å². The standard InChI is InChI=1S/C29H31F2NO5S/c1-18(2)19-6-5-7-23(14-19)38(35,36)32-17-22(10-13-28(33)29(3,4)34)37-27-12-8-20(15-26(27)32)24-16-21(30)9-11-25(24)31/h5-9,11-12,14-16,18,22,34H,10,13,17H2,1-4H3/t22-/m0/s1. The summed E-state index contributed by atoms with van der Waals surface area (Å²) in [7, 11) is -4.10. The van der Waals surface area contributed by atoms with Crippen molar-refractivity contribution in [3.63, 3.8) is 0 Å². The first-order valence-electron chi connectivity index (χ1n) is 12.4. The fourth-order valence-electron chi connectivity index (χ4n) is 4.34. The van der Waals surface area contributed by atoms with Crippen LogP contribution in [0.15, 0.2) is 65.6 Å². The SMILES string of the molecule is CC(C)c1cccc(S(=O)(=O)N2C[C@H](CCC(=O)C(C)(C)O)Oc3ccc(-c4cc(F)ccc4F)cc32)c1. The first-order valence-corrected chi connectivity index (χ1v) is 13.9. The van der Waals surface area contributed by atoms with Gasteiger partial charge in [0.25, 0.3) is 10.0 Å². The highest BCUT2D eigenvalue weighted by Gasteiger charge is 2.36. The molecular formula is C29H31F2NO5S. The number of sulfonamides is 1. The third-order valence-electron chi connectivity index (χ3n) is 6.62. The number of ketones is 1. The number of ether oxygens (including phenoxy) is 1. The number of carbonyl (C=O) groups excluding carboxylic acids is 1. The van der Waals surface area contributed by atoms with Crippen LogP contribution in [0.2, 0.25) is 0 Å². The number of hydrogen-bond donors (Lipinski definition) is 1. The molecule has 1 heterocycles. The average molecular weight is 544 g/mol. The van der Waals surface area contributed by atoms with Gasteiger partial charge in [-0.05, 0) is 79.8 Å². The summed E-state index contributed by atoms with van der Waals surface area (Å²) in [5, 5.41) is 10.0. The highest BCUT2D eigenvalue weighted by atomic mass is 32.2. The number of fused-ring (bicyclic) bond motifs is 1. The Morgan fingerprint density at radius 1 is 1.11 bits per heavy atom. The van der Waals surface area contributed by atoms with Crippen LogP contribution in [0.1, 0.15) is 52.0 Å². The minimum Gasteiger partial charge on any atom is -0.486 e. The molecule has 0 aromatic heterocycles. The molecule has 1 atom stereocenters. The van der Waals surface area contributed by atoms with Crippen molar-refractivity contribution in [2.45, 2.75) is 63.1 Å². The van der Waals surface area contributed by atoms with Crippen LogP contribution >= 0.6 is 0 Å². The zero-order chi connectivity index (χ0) is 27.8. The molecule has 0 saturated heterocycles. The molecular weight excluding hydrogens is 512 g/mol. The Morgan fingerprint density at radius 3 is 2.53 bits per heavy atom. The number of aliphatic hydroxyl groups is 1. The highest BCUT2D eigenvalue weighted by molar-refractivity contribution is 7.92. The van der Waals surface area contributed by atoms with E-state index in [0.717, 1.165) is 23.8 Å². The lowest BCUT2D eigenvalue weighted by Crippen LogP contribution is -2.44. The molecule has 6 nitrogen and oxygen atoms in total. The maximum absolute atomic E-state index is 14.6. The molecule has 0 radical (unpaired) electrons. The second-order valence-electron chi connectivity index (χ2n) is 10.3. The van der Waals surface area contributed by atoms with Crippen molar-refractivity contribution >= 4 is 21.5 Å². The van der Waals surface area contributed by atoms with Gasteiger partial charge in [0.2, 0.25) is 0 Å². The fraction of sp³-hybridized carbons (Fsp3) is 0.345. The Morgan fingerprint density at radius 2 is 1.84 bits per heavy atom. The van der Waals surface area contributed by atoms with E-state index in [2.05, 4.69) is 0 Å². The van der Waals surface area contributed by atoms with Crippen molar-refractivity contribution in [1.82, 2.24) is 0 Å². The zero-order valence-electron chi connectivity index (χ0n) is 21.7. The van der Waals surface area contributed by atoms with Crippen LogP contribution in [0.25, 0.3) is 11.1 Å². The molecule has 3 aromatic rings. The third kappa shape index (κ3) is 5.73. The van der Waals surface area contributed by atoms with Gasteiger partial charge in [-0.2, -0.15) is 0 Å². The van der Waals surface area contributed by atoms with Crippen LogP contribution < -0.4 is 9.04 Å². The minimum atomic E-state index is -4.10. The number of Topliss-reactive ketones (excluding diaryl/α,β-unsaturated/α-hetero) is 1. The molecule has 202 valence electrons. The summed E-state index contributed by atoms with van der Waals surface area (Å²) >= 11 is 0. The lowest BCUT2D eigenvalue weighted by molar-refractivity contribution is -0.134. The average Bonchev–Trinajstić information content (AvgIpc) is 2.87. The van der Waals surface area contributed by atoms with Gasteiger partial charge in [-0.15, -0.1) is 0 Å². The number of nitrogens with zero attached hydrogens (tertiary/aromatic N) is 1. The number of carbonyl (C=O) groups is 1. The molecule has 1 aliphatic heterocycles. The Labute approximate surface area is 221 Å². The van der Waals surface area contributed by atoms with Gasteiger partial charge in [-0.3, -0.25) is 9.10 Å². The lowest BCUT2D eigenvalue weighted by Gasteiger charge is -2.36. The van der Waals surface area contributed by atoms with E-state index < -0.39 is 33.4 Å². The molecule has 1 N–H and O–H groups in total. The molecule has 9 heteroatoms. The summed E-state index contributed by atoms with van der Waals surface area (Å²) < 4.78 is 63.6. The van der Waals surface area contributed by atoms with Crippen LogP contribution in [0.4, 0.5) is 14.5 Å². The van der Waals surface area contributed by atoms with Gasteiger partial charge < -0.3 is 9.84 Å². The van der Waals surface area contributed by atoms with Gasteiger partial charge in [0, 0.05) is 12.0 Å². The van der Waals surface area contributed by atoms with Crippen molar-refractivity contribution in [3.05, 3.63) is 77.9 Å². The van der Waals surface area contributed by atoms with Crippen molar-refractivity contribution < 1.29 is 31.8 Å². The number of hydrogen-bond acceptors (Lipinski definition) is 5. The molecule has 0 saturated carbocycles. The number of rotatable bonds is 8. The van der Waals surface area contributed by atoms with E-state index in [0.29, 0.717) is 0 Å². The zero-order valence-corrected chi connectivity index (χ0v) is 22.6. The van der Waals surface area contributed by atoms with E-state index in [1.165, 1.54) is 42.4 Å². The second-order valence-corrected chi connectivity index (χ2v) is 12.2. The summed E-state index contributed by atoms with van der Waals surface area (Å²) in [6, 6.07) is 14.3. The maximum atomic E-state index is 14.6. The Kier molecular flexibility index (Phi) is 7.63. The molecule has 0 fully saturated rings. The number of benzene rings is 3. The summed E-state index contributed by atoms with van der Waals surface area (Å²) in [5.74, 6) is -1.32. The highest BCUT2D eigenvalue weighted by Crippen LogP contribution is 2.41. The van der Waals surface area contributed by atoms with Gasteiger partial charge in [-0.1, -0.05) is 32.0 Å². The van der Waals surface area contributed by atoms with E-state index in [4.69, 9.17) is 4.74 Å².